The van der Waals surface area contributed by atoms with Gasteiger partial charge in [0, 0.05) is 31.2 Å². The van der Waals surface area contributed by atoms with Crippen LogP contribution < -0.4 is 10.6 Å². The molecule has 22 heavy (non-hydrogen) atoms. The highest BCUT2D eigenvalue weighted by atomic mass is 35.5. The van der Waals surface area contributed by atoms with E-state index >= 15 is 0 Å². The van der Waals surface area contributed by atoms with Crippen molar-refractivity contribution in [2.75, 3.05) is 31.7 Å². The van der Waals surface area contributed by atoms with Crippen molar-refractivity contribution < 1.29 is 23.4 Å². The van der Waals surface area contributed by atoms with Crippen LogP contribution in [0.15, 0.2) is 12.1 Å². The van der Waals surface area contributed by atoms with Gasteiger partial charge in [-0.1, -0.05) is 11.6 Å². The Morgan fingerprint density at radius 2 is 2.23 bits per heavy atom. The van der Waals surface area contributed by atoms with Crippen LogP contribution in [0.25, 0.3) is 0 Å². The van der Waals surface area contributed by atoms with Crippen LogP contribution in [-0.2, 0) is 4.74 Å². The monoisotopic (exact) mass is 334 g/mol. The molecule has 1 unspecified atom stereocenters. The molecule has 1 atom stereocenters. The van der Waals surface area contributed by atoms with E-state index in [9.17, 15) is 13.6 Å². The molecule has 0 aromatic heterocycles. The van der Waals surface area contributed by atoms with Gasteiger partial charge in [0.2, 0.25) is 0 Å². The summed E-state index contributed by atoms with van der Waals surface area (Å²) >= 11 is 5.71. The number of carbonyl (C=O) groups is 1. The summed E-state index contributed by atoms with van der Waals surface area (Å²) in [6.45, 7) is 1.28. The van der Waals surface area contributed by atoms with E-state index in [4.69, 9.17) is 21.4 Å². The lowest BCUT2D eigenvalue weighted by atomic mass is 9.84. The number of ether oxygens (including phenoxy) is 1. The Bertz CT molecular complexity index is 528. The van der Waals surface area contributed by atoms with Crippen molar-refractivity contribution in [1.29, 1.82) is 0 Å². The Hall–Kier alpha value is -1.44. The number of amides is 2. The van der Waals surface area contributed by atoms with Crippen LogP contribution in [0, 0.1) is 17.0 Å². The van der Waals surface area contributed by atoms with Crippen molar-refractivity contribution in [3.63, 3.8) is 0 Å². The minimum Gasteiger partial charge on any atom is -0.396 e. The van der Waals surface area contributed by atoms with E-state index in [-0.39, 0.29) is 29.3 Å². The zero-order valence-electron chi connectivity index (χ0n) is 11.8. The molecule has 1 aromatic rings. The lowest BCUT2D eigenvalue weighted by molar-refractivity contribution is 0.126. The first-order chi connectivity index (χ1) is 10.5. The third-order valence-electron chi connectivity index (χ3n) is 3.70. The summed E-state index contributed by atoms with van der Waals surface area (Å²) in [7, 11) is 0. The van der Waals surface area contributed by atoms with Gasteiger partial charge in [0.25, 0.3) is 0 Å². The molecule has 1 fully saturated rings. The minimum atomic E-state index is -0.950. The largest absolute Gasteiger partial charge is 0.396 e. The Morgan fingerprint density at radius 3 is 2.82 bits per heavy atom. The third kappa shape index (κ3) is 4.06. The topological polar surface area (TPSA) is 70.6 Å². The molecule has 2 amide bonds. The van der Waals surface area contributed by atoms with E-state index in [0.717, 1.165) is 12.5 Å². The maximum absolute atomic E-state index is 13.6. The molecule has 0 bridgehead atoms. The van der Waals surface area contributed by atoms with Crippen LogP contribution in [0.1, 0.15) is 12.8 Å². The summed E-state index contributed by atoms with van der Waals surface area (Å²) in [5.41, 5.74) is -0.600. The first-order valence-electron chi connectivity index (χ1n) is 6.84. The normalized spacial score (nSPS) is 20.9. The fraction of sp³-hybridized carbons (Fsp3) is 0.500. The van der Waals surface area contributed by atoms with Gasteiger partial charge < -0.3 is 20.5 Å². The van der Waals surface area contributed by atoms with Crippen molar-refractivity contribution in [2.45, 2.75) is 12.8 Å². The second-order valence-electron chi connectivity index (χ2n) is 5.33. The number of hydrogen-bond donors (Lipinski definition) is 3. The van der Waals surface area contributed by atoms with Gasteiger partial charge in [-0.2, -0.15) is 0 Å². The number of rotatable bonds is 5. The van der Waals surface area contributed by atoms with E-state index in [2.05, 4.69) is 10.6 Å². The highest BCUT2D eigenvalue weighted by Gasteiger charge is 2.34. The Balaban J connectivity index is 1.96. The highest BCUT2D eigenvalue weighted by Crippen LogP contribution is 2.31. The fourth-order valence-electron chi connectivity index (χ4n) is 2.40. The van der Waals surface area contributed by atoms with Gasteiger partial charge in [-0.15, -0.1) is 0 Å². The molecule has 3 N–H and O–H groups in total. The zero-order valence-corrected chi connectivity index (χ0v) is 12.6. The van der Waals surface area contributed by atoms with Gasteiger partial charge in [-0.25, -0.2) is 13.6 Å². The molecule has 0 aliphatic carbocycles. The zero-order chi connectivity index (χ0) is 16.2. The number of aliphatic hydroxyl groups is 1. The molecular weight excluding hydrogens is 318 g/mol. The fourth-order valence-corrected chi connectivity index (χ4v) is 2.64. The third-order valence-corrected chi connectivity index (χ3v) is 3.99. The molecule has 1 aromatic carbocycles. The molecule has 8 heteroatoms. The Kier molecular flexibility index (Phi) is 5.55. The maximum Gasteiger partial charge on any atom is 0.319 e. The second kappa shape index (κ2) is 7.21. The van der Waals surface area contributed by atoms with Gasteiger partial charge in [0.05, 0.1) is 17.3 Å². The van der Waals surface area contributed by atoms with Gasteiger partial charge in [-0.3, -0.25) is 0 Å². The van der Waals surface area contributed by atoms with Crippen LogP contribution in [0.3, 0.4) is 0 Å². The lowest BCUT2D eigenvalue weighted by Gasteiger charge is -2.26. The van der Waals surface area contributed by atoms with Gasteiger partial charge in [-0.05, 0) is 18.9 Å². The van der Waals surface area contributed by atoms with Crippen molar-refractivity contribution in [3.8, 4) is 0 Å². The molecule has 0 radical (unpaired) electrons. The van der Waals surface area contributed by atoms with E-state index in [1.165, 1.54) is 0 Å². The van der Waals surface area contributed by atoms with E-state index in [1.54, 1.807) is 0 Å². The predicted octanol–water partition coefficient (Wildman–Crippen LogP) is 2.53. The highest BCUT2D eigenvalue weighted by molar-refractivity contribution is 6.33. The van der Waals surface area contributed by atoms with Crippen molar-refractivity contribution >= 4 is 23.3 Å². The first kappa shape index (κ1) is 16.9. The molecule has 0 saturated carbocycles. The molecule has 1 aliphatic heterocycles. The number of hydrogen-bond acceptors (Lipinski definition) is 3. The van der Waals surface area contributed by atoms with Crippen molar-refractivity contribution in [3.05, 3.63) is 28.8 Å². The summed E-state index contributed by atoms with van der Waals surface area (Å²) < 4.78 is 31.8. The number of anilines is 1. The summed E-state index contributed by atoms with van der Waals surface area (Å²) in [6, 6.07) is 0.898. The molecule has 0 spiro atoms. The maximum atomic E-state index is 13.6. The number of carbonyl (C=O) groups excluding carboxylic acids is 1. The molecule has 5 nitrogen and oxygen atoms in total. The van der Waals surface area contributed by atoms with Crippen LogP contribution in [-0.4, -0.2) is 37.5 Å². The van der Waals surface area contributed by atoms with Crippen LogP contribution in [0.4, 0.5) is 19.3 Å². The standard InChI is InChI=1S/C14H17ClF2N2O3/c15-10-5-9(16)6-11(17)12(10)19-13(21)18-7-14(1-3-20)2-4-22-8-14/h5-6,20H,1-4,7-8H2,(H2,18,19,21). The number of urea groups is 1. The Morgan fingerprint density at radius 1 is 1.45 bits per heavy atom. The van der Waals surface area contributed by atoms with Crippen molar-refractivity contribution in [1.82, 2.24) is 5.32 Å². The van der Waals surface area contributed by atoms with Gasteiger partial charge in [0.15, 0.2) is 5.82 Å². The first-order valence-corrected chi connectivity index (χ1v) is 7.22. The molecule has 1 saturated heterocycles. The molecule has 122 valence electrons. The average Bonchev–Trinajstić information content (AvgIpc) is 2.90. The molecular formula is C14H17ClF2N2O3. The summed E-state index contributed by atoms with van der Waals surface area (Å²) in [4.78, 5) is 11.9. The van der Waals surface area contributed by atoms with Crippen molar-refractivity contribution in [2.24, 2.45) is 5.41 Å². The van der Waals surface area contributed by atoms with Gasteiger partial charge >= 0.3 is 6.03 Å². The predicted molar refractivity (Wildman–Crippen MR) is 78.0 cm³/mol. The average molecular weight is 335 g/mol. The van der Waals surface area contributed by atoms with E-state index < -0.39 is 17.7 Å². The molecule has 2 rings (SSSR count). The SMILES string of the molecule is O=C(NCC1(CCO)CCOC1)Nc1c(F)cc(F)cc1Cl. The molecule has 1 aliphatic rings. The number of aliphatic hydroxyl groups excluding tert-OH is 1. The quantitative estimate of drug-likeness (QED) is 0.775. The lowest BCUT2D eigenvalue weighted by Crippen LogP contribution is -2.40. The Labute approximate surface area is 131 Å². The minimum absolute atomic E-state index is 0.00885. The van der Waals surface area contributed by atoms with Crippen LogP contribution in [0.5, 0.6) is 0 Å². The van der Waals surface area contributed by atoms with E-state index in [0.29, 0.717) is 25.7 Å². The van der Waals surface area contributed by atoms with Crippen LogP contribution >= 0.6 is 11.6 Å². The van der Waals surface area contributed by atoms with E-state index in [1.807, 2.05) is 0 Å². The second-order valence-corrected chi connectivity index (χ2v) is 5.74. The van der Waals surface area contributed by atoms with Gasteiger partial charge in [0.1, 0.15) is 5.82 Å². The summed E-state index contributed by atoms with van der Waals surface area (Å²) in [6.07, 6.45) is 1.22. The van der Waals surface area contributed by atoms with Crippen LogP contribution in [0.2, 0.25) is 5.02 Å². The number of halogens is 3. The smallest absolute Gasteiger partial charge is 0.319 e. The number of benzene rings is 1. The summed E-state index contributed by atoms with van der Waals surface area (Å²) in [5.74, 6) is -1.77. The number of nitrogens with one attached hydrogen (secondary N) is 2. The molecule has 1 heterocycles. The summed E-state index contributed by atoms with van der Waals surface area (Å²) in [5, 5.41) is 13.8.